The van der Waals surface area contributed by atoms with Gasteiger partial charge in [-0.2, -0.15) is 0 Å². The van der Waals surface area contributed by atoms with Gasteiger partial charge in [0.25, 0.3) is 0 Å². The zero-order valence-corrected chi connectivity index (χ0v) is 19.3. The van der Waals surface area contributed by atoms with E-state index in [0.717, 1.165) is 0 Å². The fourth-order valence-electron chi connectivity index (χ4n) is 1.85. The molecule has 184 valence electrons. The van der Waals surface area contributed by atoms with Crippen LogP contribution in [0.3, 0.4) is 0 Å². The molecule has 0 aliphatic carbocycles. The fourth-order valence-corrected chi connectivity index (χ4v) is 2.38. The highest BCUT2D eigenvalue weighted by molar-refractivity contribution is 14.1. The molecule has 15 nitrogen and oxygen atoms in total. The van der Waals surface area contributed by atoms with Gasteiger partial charge in [-0.3, -0.25) is 19.2 Å². The molecule has 0 aliphatic heterocycles. The molecule has 16 heteroatoms. The van der Waals surface area contributed by atoms with E-state index in [-0.39, 0.29) is 33.0 Å². The van der Waals surface area contributed by atoms with Gasteiger partial charge in [0.05, 0.1) is 19.6 Å². The first kappa shape index (κ1) is 29.7. The van der Waals surface area contributed by atoms with Crippen molar-refractivity contribution in [3.8, 4) is 0 Å². The smallest absolute Gasteiger partial charge is 0.373 e. The molecule has 0 bridgehead atoms. The van der Waals surface area contributed by atoms with Gasteiger partial charge in [-0.1, -0.05) is 0 Å². The number of nitrogens with two attached hydrogens (primary N) is 2. The lowest BCUT2D eigenvalue weighted by Gasteiger charge is -2.23. The Morgan fingerprint density at radius 1 is 0.812 bits per heavy atom. The van der Waals surface area contributed by atoms with E-state index in [1.807, 2.05) is 0 Å². The summed E-state index contributed by atoms with van der Waals surface area (Å²) in [6.45, 7) is -0.580. The molecule has 0 aromatic heterocycles. The number of esters is 3. The van der Waals surface area contributed by atoms with Gasteiger partial charge in [0.1, 0.15) is 25.9 Å². The number of halogens is 1. The van der Waals surface area contributed by atoms with Crippen LogP contribution in [0.15, 0.2) is 0 Å². The zero-order chi connectivity index (χ0) is 24.4. The van der Waals surface area contributed by atoms with Gasteiger partial charge in [-0.25, -0.2) is 9.59 Å². The van der Waals surface area contributed by atoms with Crippen LogP contribution >= 0.6 is 21.4 Å². The second kappa shape index (κ2) is 18.3. The van der Waals surface area contributed by atoms with Crippen molar-refractivity contribution >= 4 is 51.0 Å². The molecule has 0 heterocycles. The number of hydrogen-bond donors (Lipinski definition) is 6. The van der Waals surface area contributed by atoms with Gasteiger partial charge in [0, 0.05) is 6.61 Å². The van der Waals surface area contributed by atoms with E-state index < -0.39 is 69.8 Å². The standard InChI is InChI=1S/C16H28IN5O10/c18-12(19)15(25)30-6-5-28-11(23)9-10(27-3-1-2-4-32-17-22)14(24)29-7-8-31-16(26)13(20)21/h10,14,22,24H,1-9H2,(H3,18,19)(H3,20,21). The molecule has 0 saturated carbocycles. The first-order valence-corrected chi connectivity index (χ1v) is 11.2. The Kier molecular flexibility index (Phi) is 17.0. The van der Waals surface area contributed by atoms with Crippen molar-refractivity contribution in [1.29, 1.82) is 14.4 Å². The first-order chi connectivity index (χ1) is 15.2. The first-order valence-electron chi connectivity index (χ1n) is 9.20. The number of nitrogens with one attached hydrogen (secondary N) is 3. The minimum absolute atomic E-state index is 0.160. The predicted molar refractivity (Wildman–Crippen MR) is 115 cm³/mol. The molecule has 0 aromatic rings. The van der Waals surface area contributed by atoms with E-state index in [1.165, 1.54) is 0 Å². The Morgan fingerprint density at radius 3 is 1.91 bits per heavy atom. The molecule has 0 aromatic carbocycles. The van der Waals surface area contributed by atoms with E-state index >= 15 is 0 Å². The Balaban J connectivity index is 4.49. The summed E-state index contributed by atoms with van der Waals surface area (Å²) in [7, 11) is 0. The maximum atomic E-state index is 12.0. The van der Waals surface area contributed by atoms with E-state index in [9.17, 15) is 19.5 Å². The van der Waals surface area contributed by atoms with Gasteiger partial charge < -0.3 is 43.3 Å². The van der Waals surface area contributed by atoms with Crippen LogP contribution in [0.25, 0.3) is 0 Å². The lowest BCUT2D eigenvalue weighted by molar-refractivity contribution is -0.192. The normalized spacial score (nSPS) is 12.4. The average molecular weight is 577 g/mol. The number of rotatable bonds is 17. The van der Waals surface area contributed by atoms with Gasteiger partial charge in [-0.05, 0) is 12.8 Å². The largest absolute Gasteiger partial charge is 0.462 e. The van der Waals surface area contributed by atoms with Crippen LogP contribution < -0.4 is 11.5 Å². The van der Waals surface area contributed by atoms with Crippen molar-refractivity contribution in [2.75, 3.05) is 39.6 Å². The summed E-state index contributed by atoms with van der Waals surface area (Å²) in [5.74, 6) is -4.42. The SMILES string of the molecule is N=IOCCCCOC(CC(=O)OCCOC(=O)C(=N)N)C(O)OCCOC(=O)C(=N)N. The summed E-state index contributed by atoms with van der Waals surface area (Å²) >= 11 is -1.00. The number of aliphatic hydroxyl groups excluding tert-OH is 1. The quantitative estimate of drug-likeness (QED) is 0.0233. The maximum Gasteiger partial charge on any atom is 0.373 e. The van der Waals surface area contributed by atoms with Crippen LogP contribution in [0.2, 0.25) is 0 Å². The highest BCUT2D eigenvalue weighted by atomic mass is 127. The molecule has 0 saturated heterocycles. The lowest BCUT2D eigenvalue weighted by Crippen LogP contribution is -2.36. The van der Waals surface area contributed by atoms with Crippen molar-refractivity contribution in [2.45, 2.75) is 31.7 Å². The average Bonchev–Trinajstić information content (AvgIpc) is 2.74. The van der Waals surface area contributed by atoms with Gasteiger partial charge in [0.15, 0.2) is 27.7 Å². The Hall–Kier alpha value is -2.28. The number of aliphatic hydroxyl groups is 1. The minimum atomic E-state index is -1.57. The van der Waals surface area contributed by atoms with Crippen LogP contribution in [-0.4, -0.2) is 86.7 Å². The third-order valence-electron chi connectivity index (χ3n) is 3.31. The fraction of sp³-hybridized carbons (Fsp3) is 0.688. The summed E-state index contributed by atoms with van der Waals surface area (Å²) in [5, 5.41) is 23.9. The Labute approximate surface area is 194 Å². The second-order valence-corrected chi connectivity index (χ2v) is 6.86. The van der Waals surface area contributed by atoms with Crippen LogP contribution in [0.5, 0.6) is 0 Å². The molecule has 2 unspecified atom stereocenters. The van der Waals surface area contributed by atoms with Crippen LogP contribution in [0.1, 0.15) is 19.3 Å². The van der Waals surface area contributed by atoms with Crippen molar-refractivity contribution in [3.05, 3.63) is 0 Å². The number of unbranched alkanes of at least 4 members (excludes halogenated alkanes) is 1. The molecule has 2 atom stereocenters. The topological polar surface area (TPSA) is 250 Å². The summed E-state index contributed by atoms with van der Waals surface area (Å²) < 4.78 is 36.6. The van der Waals surface area contributed by atoms with Crippen LogP contribution in [0.4, 0.5) is 0 Å². The molecule has 0 fully saturated rings. The molecular weight excluding hydrogens is 549 g/mol. The summed E-state index contributed by atoms with van der Waals surface area (Å²) in [5.41, 5.74) is 9.87. The Morgan fingerprint density at radius 2 is 1.34 bits per heavy atom. The molecular formula is C16H28IN5O10. The maximum absolute atomic E-state index is 12.0. The second-order valence-electron chi connectivity index (χ2n) is 5.79. The van der Waals surface area contributed by atoms with Crippen molar-refractivity contribution < 1.29 is 46.2 Å². The predicted octanol–water partition coefficient (Wildman–Crippen LogP) is -0.957. The highest BCUT2D eigenvalue weighted by Gasteiger charge is 2.25. The number of carbonyl (C=O) groups is 3. The molecule has 0 amide bonds. The summed E-state index contributed by atoms with van der Waals surface area (Å²) in [6, 6.07) is 0. The number of ether oxygens (including phenoxy) is 5. The molecule has 0 rings (SSSR count). The summed E-state index contributed by atoms with van der Waals surface area (Å²) in [6.07, 6.45) is -1.92. The van der Waals surface area contributed by atoms with Crippen LogP contribution in [0, 0.1) is 14.4 Å². The van der Waals surface area contributed by atoms with Gasteiger partial charge in [-0.15, -0.1) is 0 Å². The molecule has 0 radical (unpaired) electrons. The number of amidine groups is 2. The van der Waals surface area contributed by atoms with E-state index in [0.29, 0.717) is 19.4 Å². The number of carbonyl (C=O) groups excluding carboxylic acids is 3. The Bertz CT molecular complexity index is 651. The van der Waals surface area contributed by atoms with Gasteiger partial charge in [0.2, 0.25) is 11.7 Å². The zero-order valence-electron chi connectivity index (χ0n) is 17.2. The third-order valence-corrected chi connectivity index (χ3v) is 4.06. The van der Waals surface area contributed by atoms with Gasteiger partial charge >= 0.3 is 17.9 Å². The minimum Gasteiger partial charge on any atom is -0.462 e. The molecule has 8 N–H and O–H groups in total. The van der Waals surface area contributed by atoms with E-state index in [1.54, 1.807) is 0 Å². The monoisotopic (exact) mass is 577 g/mol. The third kappa shape index (κ3) is 15.5. The molecule has 0 aliphatic rings. The van der Waals surface area contributed by atoms with E-state index in [4.69, 9.17) is 43.1 Å². The van der Waals surface area contributed by atoms with Crippen molar-refractivity contribution in [3.63, 3.8) is 0 Å². The highest BCUT2D eigenvalue weighted by Crippen LogP contribution is 2.10. The van der Waals surface area contributed by atoms with Crippen molar-refractivity contribution in [2.24, 2.45) is 11.5 Å². The lowest BCUT2D eigenvalue weighted by atomic mass is 10.2. The number of hydrogen-bond acceptors (Lipinski definition) is 13. The van der Waals surface area contributed by atoms with Crippen LogP contribution in [-0.2, 0) is 41.1 Å². The van der Waals surface area contributed by atoms with Crippen molar-refractivity contribution in [1.82, 2.24) is 0 Å². The summed E-state index contributed by atoms with van der Waals surface area (Å²) in [4.78, 5) is 34.1. The molecule has 0 spiro atoms. The molecule has 32 heavy (non-hydrogen) atoms. The van der Waals surface area contributed by atoms with E-state index in [2.05, 4.69) is 9.47 Å².